The van der Waals surface area contributed by atoms with Crippen LogP contribution in [-0.4, -0.2) is 34.3 Å². The molecule has 0 saturated carbocycles. The molecular weight excluding hydrogens is 312 g/mol. The summed E-state index contributed by atoms with van der Waals surface area (Å²) < 4.78 is 5.28. The molecule has 1 amide bonds. The summed E-state index contributed by atoms with van der Waals surface area (Å²) in [5, 5.41) is 14.0. The van der Waals surface area contributed by atoms with Crippen molar-refractivity contribution < 1.29 is 19.1 Å². The molecule has 6 nitrogen and oxygen atoms in total. The third kappa shape index (κ3) is 4.61. The molecule has 0 bridgehead atoms. The zero-order valence-corrected chi connectivity index (χ0v) is 12.7. The standard InChI is InChI=1S/C13H14N2O4S2/c16-8-14-10(13(17)18)3-5-20-6-9-7-21-12(15-9)11-2-1-4-19-11/h1-2,4,7-8,10H,3,5-6H2,(H,14,16)(H,17,18). The highest BCUT2D eigenvalue weighted by Gasteiger charge is 2.15. The monoisotopic (exact) mass is 326 g/mol. The van der Waals surface area contributed by atoms with Gasteiger partial charge in [-0.05, 0) is 24.3 Å². The maximum absolute atomic E-state index is 10.8. The van der Waals surface area contributed by atoms with Gasteiger partial charge in [-0.3, -0.25) is 4.79 Å². The number of carbonyl (C=O) groups is 2. The Morgan fingerprint density at radius 1 is 1.62 bits per heavy atom. The number of nitrogens with one attached hydrogen (secondary N) is 1. The van der Waals surface area contributed by atoms with Crippen LogP contribution >= 0.6 is 23.1 Å². The third-order valence-electron chi connectivity index (χ3n) is 2.65. The van der Waals surface area contributed by atoms with Gasteiger partial charge in [0, 0.05) is 11.1 Å². The molecule has 21 heavy (non-hydrogen) atoms. The Labute approximate surface area is 129 Å². The summed E-state index contributed by atoms with van der Waals surface area (Å²) in [7, 11) is 0. The number of aromatic nitrogens is 1. The fourth-order valence-electron chi connectivity index (χ4n) is 1.62. The van der Waals surface area contributed by atoms with E-state index in [1.165, 1.54) is 11.3 Å². The van der Waals surface area contributed by atoms with Gasteiger partial charge >= 0.3 is 5.97 Å². The lowest BCUT2D eigenvalue weighted by atomic mass is 10.2. The quantitative estimate of drug-likeness (QED) is 0.542. The van der Waals surface area contributed by atoms with Crippen LogP contribution in [0.3, 0.4) is 0 Å². The van der Waals surface area contributed by atoms with Gasteiger partial charge in [0.05, 0.1) is 12.0 Å². The van der Waals surface area contributed by atoms with Gasteiger partial charge in [-0.1, -0.05) is 0 Å². The van der Waals surface area contributed by atoms with Gasteiger partial charge in [0.1, 0.15) is 6.04 Å². The molecule has 2 heterocycles. The number of hydrogen-bond donors (Lipinski definition) is 2. The SMILES string of the molecule is O=CNC(CCSCc1csc(-c2ccco2)n1)C(=O)O. The number of amides is 1. The Morgan fingerprint density at radius 3 is 3.14 bits per heavy atom. The van der Waals surface area contributed by atoms with Crippen LogP contribution in [0, 0.1) is 0 Å². The Hall–Kier alpha value is -1.80. The number of nitrogens with zero attached hydrogens (tertiary/aromatic N) is 1. The number of carbonyl (C=O) groups excluding carboxylic acids is 1. The van der Waals surface area contributed by atoms with Crippen molar-refractivity contribution in [1.82, 2.24) is 10.3 Å². The van der Waals surface area contributed by atoms with Gasteiger partial charge in [-0.25, -0.2) is 9.78 Å². The summed E-state index contributed by atoms with van der Waals surface area (Å²) >= 11 is 3.10. The number of carboxylic acid groups (broad SMARTS) is 1. The molecule has 2 aromatic heterocycles. The van der Waals surface area contributed by atoms with Gasteiger partial charge in [-0.2, -0.15) is 11.8 Å². The van der Waals surface area contributed by atoms with E-state index in [4.69, 9.17) is 9.52 Å². The highest BCUT2D eigenvalue weighted by atomic mass is 32.2. The van der Waals surface area contributed by atoms with E-state index in [0.29, 0.717) is 24.3 Å². The molecule has 0 aliphatic carbocycles. The average Bonchev–Trinajstić information content (AvgIpc) is 3.12. The molecule has 0 fully saturated rings. The first kappa shape index (κ1) is 15.6. The van der Waals surface area contributed by atoms with Crippen molar-refractivity contribution in [3.05, 3.63) is 29.5 Å². The van der Waals surface area contributed by atoms with Gasteiger partial charge in [-0.15, -0.1) is 11.3 Å². The fourth-order valence-corrected chi connectivity index (χ4v) is 3.42. The van der Waals surface area contributed by atoms with Crippen molar-refractivity contribution in [2.75, 3.05) is 5.75 Å². The summed E-state index contributed by atoms with van der Waals surface area (Å²) in [6.45, 7) is 0. The molecule has 8 heteroatoms. The van der Waals surface area contributed by atoms with Crippen molar-refractivity contribution >= 4 is 35.5 Å². The van der Waals surface area contributed by atoms with E-state index in [-0.39, 0.29) is 0 Å². The van der Waals surface area contributed by atoms with Crippen molar-refractivity contribution in [2.24, 2.45) is 0 Å². The van der Waals surface area contributed by atoms with Gasteiger partial charge in [0.2, 0.25) is 6.41 Å². The van der Waals surface area contributed by atoms with E-state index in [1.54, 1.807) is 18.0 Å². The van der Waals surface area contributed by atoms with Crippen molar-refractivity contribution in [2.45, 2.75) is 18.2 Å². The number of thioether (sulfide) groups is 1. The predicted octanol–water partition coefficient (Wildman–Crippen LogP) is 2.23. The summed E-state index contributed by atoms with van der Waals surface area (Å²) in [6, 6.07) is 2.85. The van der Waals surface area contributed by atoms with E-state index in [1.807, 2.05) is 17.5 Å². The number of furan rings is 1. The normalized spacial score (nSPS) is 12.0. The van der Waals surface area contributed by atoms with E-state index >= 15 is 0 Å². The number of thiazole rings is 1. The molecule has 2 rings (SSSR count). The Bertz CT molecular complexity index is 583. The van der Waals surface area contributed by atoms with Crippen molar-refractivity contribution in [3.8, 4) is 10.8 Å². The van der Waals surface area contributed by atoms with Crippen LogP contribution in [0.1, 0.15) is 12.1 Å². The van der Waals surface area contributed by atoms with Crippen LogP contribution in [0.25, 0.3) is 10.8 Å². The molecule has 2 N–H and O–H groups in total. The fraction of sp³-hybridized carbons (Fsp3) is 0.308. The average molecular weight is 326 g/mol. The molecule has 2 aromatic rings. The van der Waals surface area contributed by atoms with Gasteiger partial charge < -0.3 is 14.8 Å². The van der Waals surface area contributed by atoms with Crippen LogP contribution in [0.15, 0.2) is 28.2 Å². The van der Waals surface area contributed by atoms with Crippen LogP contribution in [-0.2, 0) is 15.3 Å². The first-order valence-electron chi connectivity index (χ1n) is 6.19. The minimum atomic E-state index is -1.02. The topological polar surface area (TPSA) is 92.4 Å². The third-order valence-corrected chi connectivity index (χ3v) is 4.58. The largest absolute Gasteiger partial charge is 0.480 e. The Morgan fingerprint density at radius 2 is 2.48 bits per heavy atom. The van der Waals surface area contributed by atoms with Crippen molar-refractivity contribution in [1.29, 1.82) is 0 Å². The molecule has 0 radical (unpaired) electrons. The van der Waals surface area contributed by atoms with Crippen LogP contribution in [0.2, 0.25) is 0 Å². The Kier molecular flexibility index (Phi) is 5.82. The summed E-state index contributed by atoms with van der Waals surface area (Å²) in [5.74, 6) is 1.06. The zero-order valence-electron chi connectivity index (χ0n) is 11.0. The maximum atomic E-state index is 10.8. The first-order valence-corrected chi connectivity index (χ1v) is 8.22. The van der Waals surface area contributed by atoms with E-state index in [9.17, 15) is 9.59 Å². The van der Waals surface area contributed by atoms with E-state index in [2.05, 4.69) is 10.3 Å². The molecule has 1 unspecified atom stereocenters. The highest BCUT2D eigenvalue weighted by Crippen LogP contribution is 2.25. The van der Waals surface area contributed by atoms with E-state index < -0.39 is 12.0 Å². The van der Waals surface area contributed by atoms with Crippen LogP contribution < -0.4 is 5.32 Å². The number of rotatable bonds is 9. The summed E-state index contributed by atoms with van der Waals surface area (Å²) in [5.41, 5.74) is 0.937. The molecule has 0 aliphatic rings. The smallest absolute Gasteiger partial charge is 0.326 e. The molecule has 112 valence electrons. The second-order valence-electron chi connectivity index (χ2n) is 4.14. The zero-order chi connectivity index (χ0) is 15.1. The molecule has 0 aromatic carbocycles. The number of carboxylic acids is 1. The summed E-state index contributed by atoms with van der Waals surface area (Å²) in [4.78, 5) is 25.6. The molecule has 0 aliphatic heterocycles. The van der Waals surface area contributed by atoms with Crippen molar-refractivity contribution in [3.63, 3.8) is 0 Å². The Balaban J connectivity index is 1.76. The molecule has 1 atom stereocenters. The second kappa shape index (κ2) is 7.84. The molecule has 0 spiro atoms. The second-order valence-corrected chi connectivity index (χ2v) is 6.10. The lowest BCUT2D eigenvalue weighted by molar-refractivity contribution is -0.140. The van der Waals surface area contributed by atoms with Crippen LogP contribution in [0.5, 0.6) is 0 Å². The van der Waals surface area contributed by atoms with Gasteiger partial charge in [0.15, 0.2) is 10.8 Å². The minimum Gasteiger partial charge on any atom is -0.480 e. The predicted molar refractivity (Wildman–Crippen MR) is 81.2 cm³/mol. The van der Waals surface area contributed by atoms with Gasteiger partial charge in [0.25, 0.3) is 0 Å². The lowest BCUT2D eigenvalue weighted by Crippen LogP contribution is -2.36. The highest BCUT2D eigenvalue weighted by molar-refractivity contribution is 7.98. The number of hydrogen-bond acceptors (Lipinski definition) is 6. The van der Waals surface area contributed by atoms with Crippen LogP contribution in [0.4, 0.5) is 0 Å². The molecule has 0 saturated heterocycles. The first-order chi connectivity index (χ1) is 10.2. The lowest BCUT2D eigenvalue weighted by Gasteiger charge is -2.09. The maximum Gasteiger partial charge on any atom is 0.326 e. The molecular formula is C13H14N2O4S2. The van der Waals surface area contributed by atoms with E-state index in [0.717, 1.165) is 16.5 Å². The number of aliphatic carboxylic acids is 1. The minimum absolute atomic E-state index is 0.383. The summed E-state index contributed by atoms with van der Waals surface area (Å²) in [6.07, 6.45) is 2.41.